The molecule has 1 saturated heterocycles. The molecule has 5 heteroatoms. The third kappa shape index (κ3) is 2.70. The molecule has 1 aromatic rings. The SMILES string of the molecule is CC(C)N1CCN(C(=O)c2cc3c(s2)CN(C2CC2)C3)CC1. The lowest BCUT2D eigenvalue weighted by atomic mass is 10.2. The highest BCUT2D eigenvalue weighted by Gasteiger charge is 2.35. The lowest BCUT2D eigenvalue weighted by Gasteiger charge is -2.36. The smallest absolute Gasteiger partial charge is 0.264 e. The number of piperazine rings is 1. The van der Waals surface area contributed by atoms with E-state index in [1.807, 2.05) is 4.90 Å². The van der Waals surface area contributed by atoms with E-state index in [-0.39, 0.29) is 5.91 Å². The van der Waals surface area contributed by atoms with Gasteiger partial charge in [0.25, 0.3) is 5.91 Å². The van der Waals surface area contributed by atoms with Crippen LogP contribution >= 0.6 is 11.3 Å². The number of carbonyl (C=O) groups is 1. The maximum atomic E-state index is 12.7. The zero-order chi connectivity index (χ0) is 15.3. The molecule has 4 nitrogen and oxygen atoms in total. The van der Waals surface area contributed by atoms with Gasteiger partial charge in [-0.1, -0.05) is 0 Å². The first-order valence-corrected chi connectivity index (χ1v) is 9.32. The molecule has 3 aliphatic rings. The summed E-state index contributed by atoms with van der Waals surface area (Å²) in [6, 6.07) is 3.57. The topological polar surface area (TPSA) is 26.8 Å². The predicted molar refractivity (Wildman–Crippen MR) is 89.2 cm³/mol. The van der Waals surface area contributed by atoms with Crippen molar-refractivity contribution in [3.63, 3.8) is 0 Å². The molecular weight excluding hydrogens is 294 g/mol. The summed E-state index contributed by atoms with van der Waals surface area (Å²) in [6.07, 6.45) is 2.72. The van der Waals surface area contributed by atoms with Gasteiger partial charge in [-0.05, 0) is 38.3 Å². The van der Waals surface area contributed by atoms with E-state index in [2.05, 4.69) is 29.7 Å². The molecular formula is C17H25N3OS. The molecule has 1 amide bonds. The molecule has 1 aliphatic carbocycles. The normalized spacial score (nSPS) is 23.3. The van der Waals surface area contributed by atoms with Crippen LogP contribution < -0.4 is 0 Å². The van der Waals surface area contributed by atoms with Crippen molar-refractivity contribution < 1.29 is 4.79 Å². The van der Waals surface area contributed by atoms with Gasteiger partial charge < -0.3 is 4.90 Å². The molecule has 2 fully saturated rings. The highest BCUT2D eigenvalue weighted by molar-refractivity contribution is 7.14. The molecule has 1 saturated carbocycles. The Hall–Kier alpha value is -0.910. The molecule has 120 valence electrons. The second kappa shape index (κ2) is 5.62. The van der Waals surface area contributed by atoms with Crippen LogP contribution in [0.25, 0.3) is 0 Å². The Morgan fingerprint density at radius 2 is 1.91 bits per heavy atom. The fourth-order valence-corrected chi connectivity index (χ4v) is 4.76. The van der Waals surface area contributed by atoms with Gasteiger partial charge in [0.2, 0.25) is 0 Å². The number of nitrogens with zero attached hydrogens (tertiary/aromatic N) is 3. The number of hydrogen-bond acceptors (Lipinski definition) is 4. The Bertz CT molecular complexity index is 547. The lowest BCUT2D eigenvalue weighted by Crippen LogP contribution is -2.50. The van der Waals surface area contributed by atoms with Gasteiger partial charge in [0.1, 0.15) is 0 Å². The Labute approximate surface area is 136 Å². The molecule has 2 aliphatic heterocycles. The van der Waals surface area contributed by atoms with Crippen molar-refractivity contribution in [1.29, 1.82) is 0 Å². The van der Waals surface area contributed by atoms with E-state index in [0.29, 0.717) is 6.04 Å². The summed E-state index contributed by atoms with van der Waals surface area (Å²) in [4.78, 5) is 22.2. The van der Waals surface area contributed by atoms with Crippen LogP contribution in [-0.2, 0) is 13.1 Å². The lowest BCUT2D eigenvalue weighted by molar-refractivity contribution is 0.0600. The zero-order valence-electron chi connectivity index (χ0n) is 13.5. The van der Waals surface area contributed by atoms with Crippen LogP contribution in [0.1, 0.15) is 46.8 Å². The van der Waals surface area contributed by atoms with Gasteiger partial charge >= 0.3 is 0 Å². The number of hydrogen-bond donors (Lipinski definition) is 0. The van der Waals surface area contributed by atoms with Crippen molar-refractivity contribution in [1.82, 2.24) is 14.7 Å². The molecule has 22 heavy (non-hydrogen) atoms. The maximum absolute atomic E-state index is 12.7. The van der Waals surface area contributed by atoms with E-state index < -0.39 is 0 Å². The van der Waals surface area contributed by atoms with Crippen molar-refractivity contribution in [3.05, 3.63) is 21.4 Å². The third-order valence-corrected chi connectivity index (χ3v) is 6.37. The average Bonchev–Trinajstić information content (AvgIpc) is 3.17. The molecule has 3 heterocycles. The summed E-state index contributed by atoms with van der Waals surface area (Å²) in [5.41, 5.74) is 1.40. The summed E-state index contributed by atoms with van der Waals surface area (Å²) in [5.74, 6) is 0.251. The number of fused-ring (bicyclic) bond motifs is 1. The highest BCUT2D eigenvalue weighted by atomic mass is 32.1. The van der Waals surface area contributed by atoms with Crippen LogP contribution in [0.5, 0.6) is 0 Å². The van der Waals surface area contributed by atoms with Crippen molar-refractivity contribution in [2.24, 2.45) is 0 Å². The van der Waals surface area contributed by atoms with Crippen molar-refractivity contribution >= 4 is 17.2 Å². The van der Waals surface area contributed by atoms with E-state index in [0.717, 1.165) is 50.2 Å². The summed E-state index contributed by atoms with van der Waals surface area (Å²) >= 11 is 1.73. The fourth-order valence-electron chi connectivity index (χ4n) is 3.59. The van der Waals surface area contributed by atoms with Gasteiger partial charge in [-0.3, -0.25) is 14.6 Å². The first-order valence-electron chi connectivity index (χ1n) is 8.51. The van der Waals surface area contributed by atoms with Crippen LogP contribution in [0.15, 0.2) is 6.07 Å². The number of rotatable bonds is 3. The van der Waals surface area contributed by atoms with Crippen LogP contribution in [0, 0.1) is 0 Å². The first kappa shape index (κ1) is 14.7. The van der Waals surface area contributed by atoms with E-state index in [1.165, 1.54) is 23.3 Å². The van der Waals surface area contributed by atoms with E-state index in [9.17, 15) is 4.79 Å². The molecule has 0 radical (unpaired) electrons. The summed E-state index contributed by atoms with van der Waals surface area (Å²) < 4.78 is 0. The third-order valence-electron chi connectivity index (χ3n) is 5.22. The van der Waals surface area contributed by atoms with Crippen LogP contribution in [0.2, 0.25) is 0 Å². The molecule has 0 aromatic carbocycles. The molecule has 0 N–H and O–H groups in total. The van der Waals surface area contributed by atoms with Gasteiger partial charge in [-0.15, -0.1) is 11.3 Å². The number of amides is 1. The summed E-state index contributed by atoms with van der Waals surface area (Å²) in [5, 5.41) is 0. The Balaban J connectivity index is 1.39. The molecule has 0 unspecified atom stereocenters. The minimum absolute atomic E-state index is 0.251. The van der Waals surface area contributed by atoms with Crippen LogP contribution in [0.4, 0.5) is 0 Å². The number of thiophene rings is 1. The molecule has 0 bridgehead atoms. The van der Waals surface area contributed by atoms with E-state index in [4.69, 9.17) is 0 Å². The van der Waals surface area contributed by atoms with E-state index >= 15 is 0 Å². The van der Waals surface area contributed by atoms with Crippen LogP contribution in [-0.4, -0.2) is 58.9 Å². The summed E-state index contributed by atoms with van der Waals surface area (Å²) in [7, 11) is 0. The minimum atomic E-state index is 0.251. The largest absolute Gasteiger partial charge is 0.335 e. The number of carbonyl (C=O) groups excluding carboxylic acids is 1. The Kier molecular flexibility index (Phi) is 3.75. The highest BCUT2D eigenvalue weighted by Crippen LogP contribution is 2.38. The quantitative estimate of drug-likeness (QED) is 0.856. The van der Waals surface area contributed by atoms with Gasteiger partial charge in [-0.25, -0.2) is 0 Å². The molecule has 0 spiro atoms. The van der Waals surface area contributed by atoms with Gasteiger partial charge in [0.15, 0.2) is 0 Å². The Morgan fingerprint density at radius 1 is 1.18 bits per heavy atom. The monoisotopic (exact) mass is 319 g/mol. The van der Waals surface area contributed by atoms with Crippen LogP contribution in [0.3, 0.4) is 0 Å². The minimum Gasteiger partial charge on any atom is -0.335 e. The Morgan fingerprint density at radius 3 is 2.50 bits per heavy atom. The maximum Gasteiger partial charge on any atom is 0.264 e. The molecule has 4 rings (SSSR count). The zero-order valence-corrected chi connectivity index (χ0v) is 14.4. The molecule has 0 atom stereocenters. The van der Waals surface area contributed by atoms with Crippen molar-refractivity contribution in [3.8, 4) is 0 Å². The van der Waals surface area contributed by atoms with Crippen molar-refractivity contribution in [2.45, 2.75) is 51.9 Å². The second-order valence-electron chi connectivity index (χ2n) is 7.12. The standard InChI is InChI=1S/C17H25N3OS/c1-12(2)18-5-7-19(8-6-18)17(21)15-9-13-10-20(14-3-4-14)11-16(13)22-15/h9,12,14H,3-8,10-11H2,1-2H3. The fraction of sp³-hybridized carbons (Fsp3) is 0.706. The second-order valence-corrected chi connectivity index (χ2v) is 8.25. The van der Waals surface area contributed by atoms with Gasteiger partial charge in [-0.2, -0.15) is 0 Å². The van der Waals surface area contributed by atoms with Gasteiger partial charge in [0, 0.05) is 56.2 Å². The average molecular weight is 319 g/mol. The first-order chi connectivity index (χ1) is 10.6. The summed E-state index contributed by atoms with van der Waals surface area (Å²) in [6.45, 7) is 10.3. The van der Waals surface area contributed by atoms with E-state index in [1.54, 1.807) is 11.3 Å². The predicted octanol–water partition coefficient (Wildman–Crippen LogP) is 2.39. The van der Waals surface area contributed by atoms with Crippen molar-refractivity contribution in [2.75, 3.05) is 26.2 Å². The molecule has 1 aromatic heterocycles. The van der Waals surface area contributed by atoms with Gasteiger partial charge in [0.05, 0.1) is 4.88 Å².